The van der Waals surface area contributed by atoms with Crippen LogP contribution in [0.2, 0.25) is 0 Å². The van der Waals surface area contributed by atoms with Gasteiger partial charge in [-0.2, -0.15) is 0 Å². The monoisotopic (exact) mass is 801 g/mol. The van der Waals surface area contributed by atoms with Gasteiger partial charge in [-0.3, -0.25) is 0 Å². The van der Waals surface area contributed by atoms with Crippen molar-refractivity contribution >= 4 is 27.8 Å². The van der Waals surface area contributed by atoms with Gasteiger partial charge in [0.25, 0.3) is 0 Å². The van der Waals surface area contributed by atoms with Crippen LogP contribution in [0.4, 0.5) is 17.1 Å². The highest BCUT2D eigenvalue weighted by Crippen LogP contribution is 2.64. The van der Waals surface area contributed by atoms with Crippen LogP contribution < -0.4 is 4.90 Å². The molecular weight excluding hydrogens is 759 g/mol. The fraction of sp³-hybridized carbons (Fsp3) is 0.0645. The summed E-state index contributed by atoms with van der Waals surface area (Å²) in [5, 5.41) is 2.53. The Hall–Kier alpha value is -7.74. The van der Waals surface area contributed by atoms with E-state index in [1.165, 1.54) is 105 Å². The van der Waals surface area contributed by atoms with Crippen molar-refractivity contribution in [1.29, 1.82) is 0 Å². The average Bonchev–Trinajstić information content (AvgIpc) is 3.90. The van der Waals surface area contributed by atoms with Crippen molar-refractivity contribution in [2.24, 2.45) is 0 Å². The Balaban J connectivity index is 1.08. The third-order valence-electron chi connectivity index (χ3n) is 14.5. The second-order valence-corrected chi connectivity index (χ2v) is 18.0. The number of benzene rings is 10. The lowest BCUT2D eigenvalue weighted by Crippen LogP contribution is -2.26. The van der Waals surface area contributed by atoms with E-state index in [9.17, 15) is 0 Å². The fourth-order valence-electron chi connectivity index (χ4n) is 11.8. The van der Waals surface area contributed by atoms with E-state index in [1.54, 1.807) is 0 Å². The van der Waals surface area contributed by atoms with Crippen LogP contribution in [0.3, 0.4) is 0 Å². The van der Waals surface area contributed by atoms with E-state index in [0.717, 1.165) is 11.4 Å². The first-order valence-electron chi connectivity index (χ1n) is 22.2. The van der Waals surface area contributed by atoms with Crippen molar-refractivity contribution in [1.82, 2.24) is 0 Å². The summed E-state index contributed by atoms with van der Waals surface area (Å²) in [7, 11) is 0. The second kappa shape index (κ2) is 13.4. The summed E-state index contributed by atoms with van der Waals surface area (Å²) in [6.45, 7) is 4.82. The van der Waals surface area contributed by atoms with E-state index in [-0.39, 0.29) is 5.41 Å². The Bertz CT molecular complexity index is 3400. The molecule has 1 heteroatoms. The molecule has 0 saturated heterocycles. The molecule has 0 saturated carbocycles. The summed E-state index contributed by atoms with van der Waals surface area (Å²) in [5.74, 6) is 0. The lowest BCUT2D eigenvalue weighted by atomic mass is 9.70. The van der Waals surface area contributed by atoms with Gasteiger partial charge in [0.2, 0.25) is 0 Å². The van der Waals surface area contributed by atoms with Gasteiger partial charge in [0, 0.05) is 22.2 Å². The molecular formula is C62H43N. The van der Waals surface area contributed by atoms with Crippen molar-refractivity contribution in [3.05, 3.63) is 258 Å². The molecule has 0 radical (unpaired) electrons. The first-order chi connectivity index (χ1) is 31.0. The minimum absolute atomic E-state index is 0.204. The van der Waals surface area contributed by atoms with Gasteiger partial charge >= 0.3 is 0 Å². The molecule has 0 atom stereocenters. The highest BCUT2D eigenvalue weighted by Gasteiger charge is 2.51. The number of anilines is 3. The lowest BCUT2D eigenvalue weighted by molar-refractivity contribution is 0.666. The summed E-state index contributed by atoms with van der Waals surface area (Å²) in [5.41, 5.74) is 23.7. The third kappa shape index (κ3) is 4.99. The molecule has 0 N–H and O–H groups in total. The summed E-state index contributed by atoms with van der Waals surface area (Å²) in [4.78, 5) is 2.53. The van der Waals surface area contributed by atoms with Crippen molar-refractivity contribution in [2.75, 3.05) is 4.90 Å². The van der Waals surface area contributed by atoms with Gasteiger partial charge in [0.15, 0.2) is 0 Å². The standard InChI is InChI=1S/C62H43N/c1-61(2)57-37-43(41-19-7-4-8-20-41)31-35-50(57)53-39-59(51-24-9-10-25-52(51)60(53)61)63(44-32-29-42(30-33-44)40-17-5-3-6-18-40)45-34-36-49-48-23-13-16-28-56(48)62(58(49)38-45)54-26-14-11-21-46(54)47-22-12-15-27-55(47)62/h3-39H,1-2H3. The Labute approximate surface area is 369 Å². The predicted octanol–water partition coefficient (Wildman–Crippen LogP) is 16.3. The maximum absolute atomic E-state index is 2.53. The van der Waals surface area contributed by atoms with Crippen LogP contribution in [0.1, 0.15) is 47.2 Å². The van der Waals surface area contributed by atoms with Crippen molar-refractivity contribution < 1.29 is 0 Å². The van der Waals surface area contributed by atoms with Crippen LogP contribution in [0, 0.1) is 0 Å². The molecule has 63 heavy (non-hydrogen) atoms. The number of nitrogens with zero attached hydrogens (tertiary/aromatic N) is 1. The van der Waals surface area contributed by atoms with Crippen LogP contribution in [-0.2, 0) is 10.8 Å². The highest BCUT2D eigenvalue weighted by atomic mass is 15.1. The highest BCUT2D eigenvalue weighted by molar-refractivity contribution is 6.08. The maximum Gasteiger partial charge on any atom is 0.0726 e. The summed E-state index contributed by atoms with van der Waals surface area (Å²) in [6.07, 6.45) is 0. The van der Waals surface area contributed by atoms with Crippen molar-refractivity contribution in [3.8, 4) is 55.6 Å². The minimum atomic E-state index is -0.447. The zero-order valence-corrected chi connectivity index (χ0v) is 35.3. The molecule has 1 spiro atoms. The largest absolute Gasteiger partial charge is 0.310 e. The van der Waals surface area contributed by atoms with Crippen molar-refractivity contribution in [3.63, 3.8) is 0 Å². The van der Waals surface area contributed by atoms with E-state index >= 15 is 0 Å². The van der Waals surface area contributed by atoms with Gasteiger partial charge in [-0.25, -0.2) is 0 Å². The van der Waals surface area contributed by atoms with E-state index in [0.29, 0.717) is 0 Å². The van der Waals surface area contributed by atoms with Crippen LogP contribution in [0.25, 0.3) is 66.4 Å². The molecule has 0 unspecified atom stereocenters. The van der Waals surface area contributed by atoms with E-state index < -0.39 is 5.41 Å². The first kappa shape index (κ1) is 36.0. The molecule has 0 aliphatic heterocycles. The molecule has 1 nitrogen and oxygen atoms in total. The Kier molecular flexibility index (Phi) is 7.64. The van der Waals surface area contributed by atoms with Gasteiger partial charge in [0.05, 0.1) is 11.1 Å². The van der Waals surface area contributed by atoms with Crippen LogP contribution >= 0.6 is 0 Å². The Morgan fingerprint density at radius 3 is 1.37 bits per heavy atom. The molecule has 0 amide bonds. The summed E-state index contributed by atoms with van der Waals surface area (Å²) < 4.78 is 0. The molecule has 10 aromatic carbocycles. The SMILES string of the molecule is CC1(C)c2cc(-c3ccccc3)ccc2-c2cc(N(c3ccc(-c4ccccc4)cc3)c3ccc4c(c3)C3(c5ccccc5-c5ccccc53)c3ccccc3-4)c3ccccc3c21. The first-order valence-corrected chi connectivity index (χ1v) is 22.2. The Morgan fingerprint density at radius 1 is 0.302 bits per heavy atom. The molecule has 10 aromatic rings. The molecule has 13 rings (SSSR count). The molecule has 0 bridgehead atoms. The zero-order chi connectivity index (χ0) is 41.9. The molecule has 0 aromatic heterocycles. The van der Waals surface area contributed by atoms with Gasteiger partial charge in [-0.15, -0.1) is 0 Å². The quantitative estimate of drug-likeness (QED) is 0.168. The number of fused-ring (bicyclic) bond motifs is 15. The third-order valence-corrected chi connectivity index (χ3v) is 14.5. The fourth-order valence-corrected chi connectivity index (χ4v) is 11.8. The van der Waals surface area contributed by atoms with E-state index in [4.69, 9.17) is 0 Å². The van der Waals surface area contributed by atoms with Gasteiger partial charge in [-0.05, 0) is 131 Å². The number of hydrogen-bond acceptors (Lipinski definition) is 1. The van der Waals surface area contributed by atoms with Crippen LogP contribution in [0.15, 0.2) is 224 Å². The van der Waals surface area contributed by atoms with Crippen LogP contribution in [-0.4, -0.2) is 0 Å². The number of hydrogen-bond donors (Lipinski definition) is 0. The van der Waals surface area contributed by atoms with E-state index in [1.807, 2.05) is 0 Å². The normalized spacial score (nSPS) is 14.1. The molecule has 0 fully saturated rings. The summed E-state index contributed by atoms with van der Waals surface area (Å²) in [6, 6.07) is 83.9. The molecule has 296 valence electrons. The van der Waals surface area contributed by atoms with Crippen LogP contribution in [0.5, 0.6) is 0 Å². The smallest absolute Gasteiger partial charge is 0.0726 e. The van der Waals surface area contributed by atoms with Gasteiger partial charge in [0.1, 0.15) is 0 Å². The van der Waals surface area contributed by atoms with Gasteiger partial charge < -0.3 is 4.90 Å². The molecule has 3 aliphatic carbocycles. The Morgan fingerprint density at radius 2 is 0.746 bits per heavy atom. The average molecular weight is 802 g/mol. The summed E-state index contributed by atoms with van der Waals surface area (Å²) >= 11 is 0. The second-order valence-electron chi connectivity index (χ2n) is 18.0. The predicted molar refractivity (Wildman–Crippen MR) is 263 cm³/mol. The lowest BCUT2D eigenvalue weighted by Gasteiger charge is -2.33. The minimum Gasteiger partial charge on any atom is -0.310 e. The van der Waals surface area contributed by atoms with Crippen molar-refractivity contribution in [2.45, 2.75) is 24.7 Å². The maximum atomic E-state index is 2.53. The molecule has 0 heterocycles. The van der Waals surface area contributed by atoms with E-state index in [2.05, 4.69) is 243 Å². The topological polar surface area (TPSA) is 3.24 Å². The zero-order valence-electron chi connectivity index (χ0n) is 35.3. The van der Waals surface area contributed by atoms with Gasteiger partial charge in [-0.1, -0.05) is 202 Å². The number of rotatable bonds is 5. The molecule has 3 aliphatic rings.